The second-order valence-corrected chi connectivity index (χ2v) is 11.1. The molecule has 1 atom stereocenters. The molecule has 1 aromatic heterocycles. The van der Waals surface area contributed by atoms with Crippen LogP contribution in [0.15, 0.2) is 91.0 Å². The molecule has 5 nitrogen and oxygen atoms in total. The zero-order valence-electron chi connectivity index (χ0n) is 26.1. The normalized spacial score (nSPS) is 11.7. The Balaban J connectivity index is 1.39. The minimum Gasteiger partial charge on any atom is -0.494 e. The molecule has 3 aromatic carbocycles. The summed E-state index contributed by atoms with van der Waals surface area (Å²) in [6.07, 6.45) is 10.0. The number of rotatable bonds is 18. The lowest BCUT2D eigenvalue weighted by molar-refractivity contribution is -0.151. The van der Waals surface area contributed by atoms with Crippen LogP contribution in [0.3, 0.4) is 0 Å². The van der Waals surface area contributed by atoms with Crippen LogP contribution in [0, 0.1) is 6.92 Å². The molecule has 1 heterocycles. The van der Waals surface area contributed by atoms with Crippen molar-refractivity contribution in [3.8, 4) is 28.4 Å². The number of unbranched alkanes of at least 4 members (excludes halogenated alkanes) is 7. The maximum atomic E-state index is 12.7. The van der Waals surface area contributed by atoms with Gasteiger partial charge in [0.25, 0.3) is 0 Å². The van der Waals surface area contributed by atoms with Crippen molar-refractivity contribution < 1.29 is 19.0 Å². The number of benzene rings is 3. The predicted molar refractivity (Wildman–Crippen MR) is 175 cm³/mol. The molecular formula is C38H47NO4. The zero-order chi connectivity index (χ0) is 30.3. The molecule has 0 unspecified atom stereocenters. The Bertz CT molecular complexity index is 1380. The van der Waals surface area contributed by atoms with Gasteiger partial charge in [0.1, 0.15) is 11.5 Å². The summed E-state index contributed by atoms with van der Waals surface area (Å²) in [7, 11) is 0. The number of aromatic nitrogens is 1. The molecule has 0 bridgehead atoms. The lowest BCUT2D eigenvalue weighted by Crippen LogP contribution is -2.31. The number of nitrogens with zero attached hydrogens (tertiary/aromatic N) is 1. The number of carbonyl (C=O) groups is 1. The van der Waals surface area contributed by atoms with E-state index in [0.717, 1.165) is 47.0 Å². The van der Waals surface area contributed by atoms with Gasteiger partial charge in [-0.25, -0.2) is 4.79 Å². The van der Waals surface area contributed by atoms with Crippen LogP contribution in [0.2, 0.25) is 0 Å². The Morgan fingerprint density at radius 1 is 0.744 bits per heavy atom. The third kappa shape index (κ3) is 9.77. The van der Waals surface area contributed by atoms with Crippen molar-refractivity contribution in [1.82, 2.24) is 4.57 Å². The van der Waals surface area contributed by atoms with Crippen LogP contribution in [-0.4, -0.2) is 29.9 Å². The maximum absolute atomic E-state index is 12.7. The number of aryl methyl sites for hydroxylation is 1. The Labute approximate surface area is 257 Å². The van der Waals surface area contributed by atoms with E-state index in [1.807, 2.05) is 67.6 Å². The highest BCUT2D eigenvalue weighted by Crippen LogP contribution is 2.30. The molecule has 4 aromatic rings. The van der Waals surface area contributed by atoms with Crippen LogP contribution in [0.4, 0.5) is 0 Å². The van der Waals surface area contributed by atoms with Gasteiger partial charge in [-0.05, 0) is 79.9 Å². The SMILES string of the molecule is CCCCCCCCCCOc1cccc(-n2c(C)ccc2-c2ccc(O[C@H](Cc3ccccc3)C(=O)OCC)cc2)c1. The zero-order valence-corrected chi connectivity index (χ0v) is 26.1. The molecule has 0 aliphatic carbocycles. The number of carbonyl (C=O) groups excluding carboxylic acids is 1. The van der Waals surface area contributed by atoms with Crippen LogP contribution in [-0.2, 0) is 16.0 Å². The van der Waals surface area contributed by atoms with E-state index in [1.54, 1.807) is 0 Å². The van der Waals surface area contributed by atoms with Gasteiger partial charge >= 0.3 is 5.97 Å². The highest BCUT2D eigenvalue weighted by atomic mass is 16.6. The number of hydrogen-bond donors (Lipinski definition) is 0. The standard InChI is InChI=1S/C38H47NO4/c1-4-6-7-8-9-10-11-15-27-42-35-20-16-19-33(29-35)39-30(3)21-26-36(39)32-22-24-34(25-23-32)43-37(38(40)41-5-2)28-31-17-13-12-14-18-31/h12-14,16-26,29,37H,4-11,15,27-28H2,1-3H3/t37-/m1/s1. The monoisotopic (exact) mass is 581 g/mol. The minimum atomic E-state index is -0.715. The average molecular weight is 582 g/mol. The Hall–Kier alpha value is -3.99. The van der Waals surface area contributed by atoms with E-state index in [4.69, 9.17) is 14.2 Å². The summed E-state index contributed by atoms with van der Waals surface area (Å²) in [5.74, 6) is 1.17. The molecule has 0 saturated heterocycles. The molecule has 0 amide bonds. The number of hydrogen-bond acceptors (Lipinski definition) is 4. The molecule has 0 radical (unpaired) electrons. The van der Waals surface area contributed by atoms with Crippen molar-refractivity contribution in [1.29, 1.82) is 0 Å². The molecule has 5 heteroatoms. The van der Waals surface area contributed by atoms with Crippen molar-refractivity contribution in [2.75, 3.05) is 13.2 Å². The molecule has 0 aliphatic heterocycles. The summed E-state index contributed by atoms with van der Waals surface area (Å²) in [5.41, 5.74) is 5.36. The maximum Gasteiger partial charge on any atom is 0.347 e. The smallest absolute Gasteiger partial charge is 0.347 e. The van der Waals surface area contributed by atoms with E-state index >= 15 is 0 Å². The fraction of sp³-hybridized carbons (Fsp3) is 0.395. The lowest BCUT2D eigenvalue weighted by atomic mass is 10.1. The van der Waals surface area contributed by atoms with Gasteiger partial charge in [0.05, 0.1) is 18.9 Å². The van der Waals surface area contributed by atoms with Gasteiger partial charge in [-0.3, -0.25) is 0 Å². The van der Waals surface area contributed by atoms with Gasteiger partial charge in [0.2, 0.25) is 0 Å². The Morgan fingerprint density at radius 2 is 1.47 bits per heavy atom. The topological polar surface area (TPSA) is 49.7 Å². The summed E-state index contributed by atoms with van der Waals surface area (Å²) >= 11 is 0. The fourth-order valence-electron chi connectivity index (χ4n) is 5.35. The highest BCUT2D eigenvalue weighted by molar-refractivity contribution is 5.75. The van der Waals surface area contributed by atoms with E-state index in [2.05, 4.69) is 48.7 Å². The Morgan fingerprint density at radius 3 is 2.19 bits per heavy atom. The molecular weight excluding hydrogens is 534 g/mol. The first-order valence-corrected chi connectivity index (χ1v) is 16.0. The summed E-state index contributed by atoms with van der Waals surface area (Å²) in [4.78, 5) is 12.7. The van der Waals surface area contributed by atoms with Crippen LogP contribution in [0.5, 0.6) is 11.5 Å². The predicted octanol–water partition coefficient (Wildman–Crippen LogP) is 9.53. The van der Waals surface area contributed by atoms with Crippen molar-refractivity contribution >= 4 is 5.97 Å². The van der Waals surface area contributed by atoms with Gasteiger partial charge in [-0.1, -0.05) is 88.3 Å². The molecule has 0 saturated carbocycles. The highest BCUT2D eigenvalue weighted by Gasteiger charge is 2.22. The second-order valence-electron chi connectivity index (χ2n) is 11.1. The molecule has 43 heavy (non-hydrogen) atoms. The third-order valence-electron chi connectivity index (χ3n) is 7.66. The number of ether oxygens (including phenoxy) is 3. The molecule has 0 spiro atoms. The minimum absolute atomic E-state index is 0.314. The van der Waals surface area contributed by atoms with Gasteiger partial charge in [0, 0.05) is 23.9 Å². The fourth-order valence-corrected chi connectivity index (χ4v) is 5.35. The van der Waals surface area contributed by atoms with Crippen LogP contribution < -0.4 is 9.47 Å². The van der Waals surface area contributed by atoms with Gasteiger partial charge < -0.3 is 18.8 Å². The molecule has 0 aliphatic rings. The van der Waals surface area contributed by atoms with Crippen LogP contribution in [0.1, 0.15) is 76.5 Å². The summed E-state index contributed by atoms with van der Waals surface area (Å²) < 4.78 is 19.8. The third-order valence-corrected chi connectivity index (χ3v) is 7.66. The molecule has 4 rings (SSSR count). The van der Waals surface area contributed by atoms with E-state index in [0.29, 0.717) is 18.8 Å². The Kier molecular flexibility index (Phi) is 12.8. The van der Waals surface area contributed by atoms with Gasteiger partial charge in [-0.15, -0.1) is 0 Å². The van der Waals surface area contributed by atoms with Gasteiger partial charge in [-0.2, -0.15) is 0 Å². The van der Waals surface area contributed by atoms with E-state index in [1.165, 1.54) is 44.9 Å². The lowest BCUT2D eigenvalue weighted by Gasteiger charge is -2.18. The van der Waals surface area contributed by atoms with Crippen molar-refractivity contribution in [2.24, 2.45) is 0 Å². The molecule has 228 valence electrons. The van der Waals surface area contributed by atoms with Crippen molar-refractivity contribution in [2.45, 2.75) is 84.7 Å². The average Bonchev–Trinajstić information content (AvgIpc) is 3.42. The second kappa shape index (κ2) is 17.2. The van der Waals surface area contributed by atoms with Crippen LogP contribution >= 0.6 is 0 Å². The van der Waals surface area contributed by atoms with Crippen LogP contribution in [0.25, 0.3) is 16.9 Å². The van der Waals surface area contributed by atoms with E-state index in [9.17, 15) is 4.79 Å². The van der Waals surface area contributed by atoms with Gasteiger partial charge in [0.15, 0.2) is 6.10 Å². The molecule has 0 fully saturated rings. The quantitative estimate of drug-likeness (QED) is 0.0867. The number of esters is 1. The van der Waals surface area contributed by atoms with Crippen molar-refractivity contribution in [3.05, 3.63) is 102 Å². The largest absolute Gasteiger partial charge is 0.494 e. The summed E-state index contributed by atoms with van der Waals surface area (Å²) in [5, 5.41) is 0. The van der Waals surface area contributed by atoms with E-state index in [-0.39, 0.29) is 5.97 Å². The first-order chi connectivity index (χ1) is 21.1. The van der Waals surface area contributed by atoms with Crippen molar-refractivity contribution in [3.63, 3.8) is 0 Å². The summed E-state index contributed by atoms with van der Waals surface area (Å²) in [6, 6.07) is 30.4. The molecule has 0 N–H and O–H groups in total. The first kappa shape index (κ1) is 31.9. The summed E-state index contributed by atoms with van der Waals surface area (Å²) in [6.45, 7) is 7.24. The first-order valence-electron chi connectivity index (χ1n) is 16.0. The van der Waals surface area contributed by atoms with E-state index < -0.39 is 6.10 Å².